The first-order valence-corrected chi connectivity index (χ1v) is 11.4. The number of amides is 1. The van der Waals surface area contributed by atoms with Crippen LogP contribution in [0.1, 0.15) is 43.9 Å². The van der Waals surface area contributed by atoms with Crippen molar-refractivity contribution in [3.05, 3.63) is 47.9 Å². The van der Waals surface area contributed by atoms with Gasteiger partial charge in [-0.1, -0.05) is 31.2 Å². The Hall–Kier alpha value is -2.67. The molecule has 31 heavy (non-hydrogen) atoms. The van der Waals surface area contributed by atoms with E-state index in [1.165, 1.54) is 5.56 Å². The number of carbonyl (C=O) groups excluding carboxylic acids is 1. The van der Waals surface area contributed by atoms with Gasteiger partial charge in [0.2, 0.25) is 5.91 Å². The molecule has 2 aliphatic rings. The lowest BCUT2D eigenvalue weighted by Gasteiger charge is -2.36. The van der Waals surface area contributed by atoms with E-state index in [4.69, 9.17) is 4.74 Å². The summed E-state index contributed by atoms with van der Waals surface area (Å²) < 4.78 is 5.48. The van der Waals surface area contributed by atoms with Gasteiger partial charge in [-0.05, 0) is 37.3 Å². The van der Waals surface area contributed by atoms with E-state index >= 15 is 0 Å². The molecule has 0 unspecified atom stereocenters. The first-order valence-electron chi connectivity index (χ1n) is 11.4. The Balaban J connectivity index is 1.34. The fraction of sp³-hybridized carbons (Fsp3) is 0.542. The molecule has 2 saturated heterocycles. The van der Waals surface area contributed by atoms with Gasteiger partial charge in [0.05, 0.1) is 31.1 Å². The second-order valence-electron chi connectivity index (χ2n) is 8.42. The van der Waals surface area contributed by atoms with E-state index in [1.54, 1.807) is 6.33 Å². The molecule has 166 valence electrons. The molecule has 1 aromatic heterocycles. The van der Waals surface area contributed by atoms with Gasteiger partial charge in [-0.15, -0.1) is 0 Å². The van der Waals surface area contributed by atoms with Gasteiger partial charge in [0.1, 0.15) is 6.33 Å². The van der Waals surface area contributed by atoms with Gasteiger partial charge in [0, 0.05) is 32.1 Å². The first kappa shape index (κ1) is 21.6. The summed E-state index contributed by atoms with van der Waals surface area (Å²) in [6.07, 6.45) is 6.22. The number of hydrogen-bond donors (Lipinski definition) is 1. The highest BCUT2D eigenvalue weighted by atomic mass is 16.5. The summed E-state index contributed by atoms with van der Waals surface area (Å²) in [6.45, 7) is 9.03. The minimum atomic E-state index is 0.0203. The van der Waals surface area contributed by atoms with Crippen LogP contribution in [0.15, 0.2) is 36.8 Å². The fourth-order valence-corrected chi connectivity index (χ4v) is 4.40. The lowest BCUT2D eigenvalue weighted by Crippen LogP contribution is -2.43. The fourth-order valence-electron chi connectivity index (χ4n) is 4.40. The molecule has 2 aliphatic heterocycles. The van der Waals surface area contributed by atoms with Crippen LogP contribution in [0.3, 0.4) is 0 Å². The number of morpholine rings is 1. The predicted octanol–water partition coefficient (Wildman–Crippen LogP) is 2.97. The van der Waals surface area contributed by atoms with Crippen molar-refractivity contribution >= 4 is 17.4 Å². The quantitative estimate of drug-likeness (QED) is 0.770. The summed E-state index contributed by atoms with van der Waals surface area (Å²) in [6, 6.07) is 8.55. The summed E-state index contributed by atoms with van der Waals surface area (Å²) >= 11 is 0. The molecule has 7 heteroatoms. The maximum Gasteiger partial charge on any atom is 0.223 e. The van der Waals surface area contributed by atoms with Crippen molar-refractivity contribution in [2.24, 2.45) is 5.92 Å². The average Bonchev–Trinajstić information content (AvgIpc) is 2.84. The van der Waals surface area contributed by atoms with Crippen LogP contribution < -0.4 is 15.1 Å². The third kappa shape index (κ3) is 5.15. The minimum absolute atomic E-state index is 0.0203. The lowest BCUT2D eigenvalue weighted by atomic mass is 9.94. The van der Waals surface area contributed by atoms with Crippen molar-refractivity contribution in [2.45, 2.75) is 39.2 Å². The Labute approximate surface area is 184 Å². The monoisotopic (exact) mass is 423 g/mol. The molecule has 0 aliphatic carbocycles. The van der Waals surface area contributed by atoms with Gasteiger partial charge in [-0.2, -0.15) is 0 Å². The Morgan fingerprint density at radius 1 is 1.13 bits per heavy atom. The molecule has 0 bridgehead atoms. The largest absolute Gasteiger partial charge is 0.378 e. The third-order valence-corrected chi connectivity index (χ3v) is 6.44. The highest BCUT2D eigenvalue weighted by Gasteiger charge is 2.28. The van der Waals surface area contributed by atoms with E-state index in [2.05, 4.69) is 63.2 Å². The molecule has 3 heterocycles. The zero-order valence-electron chi connectivity index (χ0n) is 18.6. The molecule has 1 amide bonds. The Morgan fingerprint density at radius 2 is 1.84 bits per heavy atom. The molecule has 1 N–H and O–H groups in total. The van der Waals surface area contributed by atoms with Crippen molar-refractivity contribution in [2.75, 3.05) is 49.2 Å². The van der Waals surface area contributed by atoms with Crippen molar-refractivity contribution in [3.63, 3.8) is 0 Å². The summed E-state index contributed by atoms with van der Waals surface area (Å²) in [7, 11) is 0. The van der Waals surface area contributed by atoms with Crippen molar-refractivity contribution < 1.29 is 9.53 Å². The van der Waals surface area contributed by atoms with Gasteiger partial charge in [-0.25, -0.2) is 9.97 Å². The van der Waals surface area contributed by atoms with Gasteiger partial charge in [0.15, 0.2) is 5.82 Å². The summed E-state index contributed by atoms with van der Waals surface area (Å²) in [4.78, 5) is 26.3. The maximum atomic E-state index is 12.9. The standard InChI is InChI=1S/C24H33N5O2/c1-3-19-4-6-20(7-5-19)18(2)27-24(30)21-8-10-28(11-9-21)22-16-25-17-26-23(22)29-12-14-31-15-13-29/h4-7,16-18,21H,3,8-15H2,1-2H3,(H,27,30)/t18-/m0/s1. The van der Waals surface area contributed by atoms with Gasteiger partial charge >= 0.3 is 0 Å². The molecule has 0 spiro atoms. The van der Waals surface area contributed by atoms with E-state index in [9.17, 15) is 4.79 Å². The molecule has 1 aromatic carbocycles. The number of ether oxygens (including phenoxy) is 1. The molecule has 0 saturated carbocycles. The van der Waals surface area contributed by atoms with Crippen LogP contribution >= 0.6 is 0 Å². The second-order valence-corrected chi connectivity index (χ2v) is 8.42. The smallest absolute Gasteiger partial charge is 0.223 e. The van der Waals surface area contributed by atoms with Crippen LogP contribution in [0.25, 0.3) is 0 Å². The number of anilines is 2. The molecule has 7 nitrogen and oxygen atoms in total. The van der Waals surface area contributed by atoms with E-state index in [1.807, 2.05) is 6.20 Å². The SMILES string of the molecule is CCc1ccc([C@H](C)NC(=O)C2CCN(c3cncnc3N3CCOCC3)CC2)cc1. The summed E-state index contributed by atoms with van der Waals surface area (Å²) in [5, 5.41) is 3.22. The highest BCUT2D eigenvalue weighted by Crippen LogP contribution is 2.30. The number of carbonyl (C=O) groups is 1. The first-order chi connectivity index (χ1) is 15.2. The topological polar surface area (TPSA) is 70.6 Å². The summed E-state index contributed by atoms with van der Waals surface area (Å²) in [5.41, 5.74) is 3.53. The van der Waals surface area contributed by atoms with Gasteiger partial charge in [-0.3, -0.25) is 4.79 Å². The van der Waals surface area contributed by atoms with E-state index < -0.39 is 0 Å². The molecular weight excluding hydrogens is 390 g/mol. The Morgan fingerprint density at radius 3 is 2.52 bits per heavy atom. The van der Waals surface area contributed by atoms with Crippen LogP contribution in [0.4, 0.5) is 11.5 Å². The van der Waals surface area contributed by atoms with Crippen molar-refractivity contribution in [1.82, 2.24) is 15.3 Å². The molecule has 2 fully saturated rings. The minimum Gasteiger partial charge on any atom is -0.378 e. The normalized spacial score (nSPS) is 18.6. The van der Waals surface area contributed by atoms with Crippen LogP contribution in [0, 0.1) is 5.92 Å². The third-order valence-electron chi connectivity index (χ3n) is 6.44. The van der Waals surface area contributed by atoms with Crippen LogP contribution in [0.5, 0.6) is 0 Å². The molecule has 4 rings (SSSR count). The van der Waals surface area contributed by atoms with Crippen LogP contribution in [-0.4, -0.2) is 55.3 Å². The van der Waals surface area contributed by atoms with E-state index in [-0.39, 0.29) is 17.9 Å². The van der Waals surface area contributed by atoms with E-state index in [0.717, 1.165) is 75.7 Å². The molecule has 0 radical (unpaired) electrons. The van der Waals surface area contributed by atoms with Crippen molar-refractivity contribution in [3.8, 4) is 0 Å². The number of piperidine rings is 1. The Kier molecular flexibility index (Phi) is 7.02. The van der Waals surface area contributed by atoms with E-state index in [0.29, 0.717) is 0 Å². The lowest BCUT2D eigenvalue weighted by molar-refractivity contribution is -0.126. The predicted molar refractivity (Wildman–Crippen MR) is 122 cm³/mol. The Bertz CT molecular complexity index is 859. The number of hydrogen-bond acceptors (Lipinski definition) is 6. The second kappa shape index (κ2) is 10.1. The average molecular weight is 424 g/mol. The number of rotatable bonds is 6. The zero-order chi connectivity index (χ0) is 21.6. The van der Waals surface area contributed by atoms with Gasteiger partial charge in [0.25, 0.3) is 0 Å². The van der Waals surface area contributed by atoms with Gasteiger partial charge < -0.3 is 19.9 Å². The van der Waals surface area contributed by atoms with Crippen molar-refractivity contribution in [1.29, 1.82) is 0 Å². The number of nitrogens with one attached hydrogen (secondary N) is 1. The van der Waals surface area contributed by atoms with Crippen LogP contribution in [-0.2, 0) is 16.0 Å². The molecule has 1 atom stereocenters. The highest BCUT2D eigenvalue weighted by molar-refractivity contribution is 5.79. The summed E-state index contributed by atoms with van der Waals surface area (Å²) in [5.74, 6) is 1.18. The number of benzene rings is 1. The maximum absolute atomic E-state index is 12.9. The zero-order valence-corrected chi connectivity index (χ0v) is 18.6. The van der Waals surface area contributed by atoms with Crippen LogP contribution in [0.2, 0.25) is 0 Å². The number of aromatic nitrogens is 2. The molecular formula is C24H33N5O2. The molecule has 2 aromatic rings. The number of aryl methyl sites for hydroxylation is 1. The number of nitrogens with zero attached hydrogens (tertiary/aromatic N) is 4.